The lowest BCUT2D eigenvalue weighted by atomic mass is 9.94. The Morgan fingerprint density at radius 3 is 1.66 bits per heavy atom. The molecule has 0 N–H and O–H groups in total. The molecule has 0 unspecified atom stereocenters. The van der Waals surface area contributed by atoms with Crippen LogP contribution >= 0.6 is 0 Å². The summed E-state index contributed by atoms with van der Waals surface area (Å²) in [6, 6.07) is 76.5. The maximum absolute atomic E-state index is 6.28. The molecule has 2 nitrogen and oxygen atoms in total. The van der Waals surface area contributed by atoms with Crippen LogP contribution in [0.25, 0.3) is 87.6 Å². The van der Waals surface area contributed by atoms with E-state index in [1.54, 1.807) is 0 Å². The van der Waals surface area contributed by atoms with Crippen LogP contribution in [0.4, 0.5) is 17.1 Å². The lowest BCUT2D eigenvalue weighted by Crippen LogP contribution is -2.10. The van der Waals surface area contributed by atoms with E-state index < -0.39 is 0 Å². The number of rotatable bonds is 6. The van der Waals surface area contributed by atoms with Gasteiger partial charge in [0.1, 0.15) is 11.2 Å². The summed E-state index contributed by atoms with van der Waals surface area (Å²) in [7, 11) is 0. The topological polar surface area (TPSA) is 16.4 Å². The molecule has 0 fully saturated rings. The molecule has 0 aliphatic carbocycles. The molecule has 11 aromatic rings. The standard InChI is InChI=1S/C54H35NO/c1-2-10-36(11-3-1)37-24-29-44(30-25-37)55(46-14-8-13-42(35-46)48-17-9-19-52-54(48)50-16-6-7-18-51(50)56-52)45-31-26-38(27-32-45)41-28-33-49-43(34-41)23-22-40-21-20-39-12-4-5-15-47(39)53(40)49/h1-35H. The summed E-state index contributed by atoms with van der Waals surface area (Å²) in [5.41, 5.74) is 12.1. The van der Waals surface area contributed by atoms with Crippen molar-refractivity contribution in [3.05, 3.63) is 212 Å². The number of benzene rings is 10. The molecule has 0 spiro atoms. The van der Waals surface area contributed by atoms with Crippen LogP contribution in [0.1, 0.15) is 0 Å². The first-order valence-corrected chi connectivity index (χ1v) is 19.2. The smallest absolute Gasteiger partial charge is 0.136 e. The van der Waals surface area contributed by atoms with E-state index in [1.165, 1.54) is 54.6 Å². The van der Waals surface area contributed by atoms with E-state index in [9.17, 15) is 0 Å². The van der Waals surface area contributed by atoms with Gasteiger partial charge in [-0.1, -0.05) is 158 Å². The summed E-state index contributed by atoms with van der Waals surface area (Å²) in [4.78, 5) is 2.35. The number of anilines is 3. The van der Waals surface area contributed by atoms with Gasteiger partial charge in [-0.25, -0.2) is 0 Å². The highest BCUT2D eigenvalue weighted by Gasteiger charge is 2.17. The Bertz CT molecular complexity index is 3230. The van der Waals surface area contributed by atoms with Crippen molar-refractivity contribution in [1.29, 1.82) is 0 Å². The van der Waals surface area contributed by atoms with Crippen molar-refractivity contribution in [2.24, 2.45) is 0 Å². The van der Waals surface area contributed by atoms with Crippen LogP contribution in [-0.2, 0) is 0 Å². The molecule has 10 aromatic carbocycles. The first kappa shape index (κ1) is 32.0. The van der Waals surface area contributed by atoms with Gasteiger partial charge in [0.2, 0.25) is 0 Å². The monoisotopic (exact) mass is 713 g/mol. The minimum Gasteiger partial charge on any atom is -0.456 e. The molecule has 56 heavy (non-hydrogen) atoms. The van der Waals surface area contributed by atoms with Crippen LogP contribution in [0.5, 0.6) is 0 Å². The van der Waals surface area contributed by atoms with Gasteiger partial charge >= 0.3 is 0 Å². The molecule has 2 heteroatoms. The predicted octanol–water partition coefficient (Wildman–Crippen LogP) is 15.5. The Morgan fingerprint density at radius 2 is 0.857 bits per heavy atom. The highest BCUT2D eigenvalue weighted by molar-refractivity contribution is 6.20. The van der Waals surface area contributed by atoms with Gasteiger partial charge < -0.3 is 9.32 Å². The largest absolute Gasteiger partial charge is 0.456 e. The molecule has 11 rings (SSSR count). The van der Waals surface area contributed by atoms with Crippen molar-refractivity contribution in [2.75, 3.05) is 4.90 Å². The average Bonchev–Trinajstić information content (AvgIpc) is 3.66. The minimum atomic E-state index is 0.897. The van der Waals surface area contributed by atoms with E-state index in [4.69, 9.17) is 4.42 Å². The number of hydrogen-bond donors (Lipinski definition) is 0. The van der Waals surface area contributed by atoms with E-state index in [-0.39, 0.29) is 0 Å². The second-order valence-electron chi connectivity index (χ2n) is 14.5. The third-order valence-corrected chi connectivity index (χ3v) is 11.2. The quantitative estimate of drug-likeness (QED) is 0.160. The first-order chi connectivity index (χ1) is 27.7. The maximum atomic E-state index is 6.28. The van der Waals surface area contributed by atoms with Crippen LogP contribution in [-0.4, -0.2) is 0 Å². The van der Waals surface area contributed by atoms with Crippen molar-refractivity contribution in [3.8, 4) is 33.4 Å². The summed E-state index contributed by atoms with van der Waals surface area (Å²) >= 11 is 0. The minimum absolute atomic E-state index is 0.897. The molecule has 0 aliphatic heterocycles. The molecule has 1 aromatic heterocycles. The molecule has 0 atom stereocenters. The molecule has 0 aliphatic rings. The molecular weight excluding hydrogens is 679 g/mol. The molecular formula is C54H35NO. The predicted molar refractivity (Wildman–Crippen MR) is 237 cm³/mol. The van der Waals surface area contributed by atoms with Crippen molar-refractivity contribution < 1.29 is 4.42 Å². The highest BCUT2D eigenvalue weighted by Crippen LogP contribution is 2.42. The van der Waals surface area contributed by atoms with Gasteiger partial charge in [0.25, 0.3) is 0 Å². The zero-order valence-electron chi connectivity index (χ0n) is 30.6. The van der Waals surface area contributed by atoms with Gasteiger partial charge in [-0.2, -0.15) is 0 Å². The van der Waals surface area contributed by atoms with Gasteiger partial charge in [-0.3, -0.25) is 0 Å². The zero-order valence-corrected chi connectivity index (χ0v) is 30.6. The number of hydrogen-bond acceptors (Lipinski definition) is 2. The fourth-order valence-corrected chi connectivity index (χ4v) is 8.53. The van der Waals surface area contributed by atoms with Gasteiger partial charge in [0, 0.05) is 27.8 Å². The first-order valence-electron chi connectivity index (χ1n) is 19.2. The maximum Gasteiger partial charge on any atom is 0.136 e. The van der Waals surface area contributed by atoms with E-state index in [0.29, 0.717) is 0 Å². The van der Waals surface area contributed by atoms with E-state index >= 15 is 0 Å². The number of para-hydroxylation sites is 1. The van der Waals surface area contributed by atoms with Crippen molar-refractivity contribution >= 4 is 71.3 Å². The second-order valence-corrected chi connectivity index (χ2v) is 14.5. The van der Waals surface area contributed by atoms with Crippen molar-refractivity contribution in [1.82, 2.24) is 0 Å². The number of furan rings is 1. The molecule has 0 amide bonds. The molecule has 0 bridgehead atoms. The summed E-state index contributed by atoms with van der Waals surface area (Å²) in [6.07, 6.45) is 0. The Kier molecular flexibility index (Phi) is 7.53. The van der Waals surface area contributed by atoms with Gasteiger partial charge in [-0.15, -0.1) is 0 Å². The second kappa shape index (κ2) is 13.2. The number of nitrogens with zero attached hydrogens (tertiary/aromatic N) is 1. The van der Waals surface area contributed by atoms with Crippen LogP contribution in [0.15, 0.2) is 217 Å². The van der Waals surface area contributed by atoms with Crippen LogP contribution in [0, 0.1) is 0 Å². The summed E-state index contributed by atoms with van der Waals surface area (Å²) in [6.45, 7) is 0. The average molecular weight is 714 g/mol. The summed E-state index contributed by atoms with van der Waals surface area (Å²) < 4.78 is 6.28. The molecule has 262 valence electrons. The van der Waals surface area contributed by atoms with Crippen LogP contribution in [0.2, 0.25) is 0 Å². The third kappa shape index (κ3) is 5.42. The number of fused-ring (bicyclic) bond motifs is 8. The summed E-state index contributed by atoms with van der Waals surface area (Å²) in [5, 5.41) is 9.94. The Labute approximate surface area is 325 Å². The van der Waals surface area contributed by atoms with Crippen LogP contribution in [0.3, 0.4) is 0 Å². The van der Waals surface area contributed by atoms with E-state index in [0.717, 1.165) is 50.1 Å². The lowest BCUT2D eigenvalue weighted by molar-refractivity contribution is 0.669. The lowest BCUT2D eigenvalue weighted by Gasteiger charge is -2.26. The van der Waals surface area contributed by atoms with Crippen molar-refractivity contribution in [3.63, 3.8) is 0 Å². The Hall–Kier alpha value is -7.42. The van der Waals surface area contributed by atoms with E-state index in [2.05, 4.69) is 205 Å². The zero-order chi connectivity index (χ0) is 37.0. The Balaban J connectivity index is 1.01. The van der Waals surface area contributed by atoms with Crippen LogP contribution < -0.4 is 4.90 Å². The molecule has 1 heterocycles. The van der Waals surface area contributed by atoms with Gasteiger partial charge in [-0.05, 0) is 120 Å². The van der Waals surface area contributed by atoms with Gasteiger partial charge in [0.15, 0.2) is 0 Å². The van der Waals surface area contributed by atoms with Gasteiger partial charge in [0.05, 0.1) is 0 Å². The Morgan fingerprint density at radius 1 is 0.286 bits per heavy atom. The molecule has 0 radical (unpaired) electrons. The normalized spacial score (nSPS) is 11.6. The SMILES string of the molecule is c1ccc(-c2ccc(N(c3ccc(-c4ccc5c(ccc6ccc7ccccc7c65)c4)cc3)c3cccc(-c4cccc5oc6ccccc6c45)c3)cc2)cc1. The fraction of sp³-hybridized carbons (Fsp3) is 0. The summed E-state index contributed by atoms with van der Waals surface area (Å²) in [5.74, 6) is 0. The highest BCUT2D eigenvalue weighted by atomic mass is 16.3. The van der Waals surface area contributed by atoms with E-state index in [1.807, 2.05) is 12.1 Å². The third-order valence-electron chi connectivity index (χ3n) is 11.2. The molecule has 0 saturated carbocycles. The molecule has 0 saturated heterocycles. The van der Waals surface area contributed by atoms with Crippen molar-refractivity contribution in [2.45, 2.75) is 0 Å². The fourth-order valence-electron chi connectivity index (χ4n) is 8.53.